The van der Waals surface area contributed by atoms with E-state index in [2.05, 4.69) is 14.7 Å². The Labute approximate surface area is 156 Å². The first-order valence-electron chi connectivity index (χ1n) is 8.70. The van der Waals surface area contributed by atoms with Crippen LogP contribution in [0.15, 0.2) is 41.5 Å². The number of hydrogen-bond acceptors (Lipinski definition) is 4. The van der Waals surface area contributed by atoms with Crippen molar-refractivity contribution in [1.29, 1.82) is 0 Å². The van der Waals surface area contributed by atoms with Crippen molar-refractivity contribution < 1.29 is 8.94 Å². The lowest BCUT2D eigenvalue weighted by Crippen LogP contribution is -2.45. The van der Waals surface area contributed by atoms with E-state index in [-0.39, 0.29) is 22.2 Å². The zero-order chi connectivity index (χ0) is 19.2. The van der Waals surface area contributed by atoms with Crippen LogP contribution in [0, 0.1) is 5.82 Å². The third kappa shape index (κ3) is 6.90. The molecule has 1 unspecified atom stereocenters. The SMILES string of the molecule is CC(C)(C)[S+]([O-])N[C@H](CCc1ccc(F)cc1)CCc1cc(=O)[nH]cn1. The fraction of sp³-hybridized carbons (Fsp3) is 0.474. The molecule has 1 aromatic carbocycles. The molecule has 0 radical (unpaired) electrons. The van der Waals surface area contributed by atoms with Gasteiger partial charge in [-0.05, 0) is 64.2 Å². The average molecular weight is 380 g/mol. The van der Waals surface area contributed by atoms with Crippen LogP contribution in [-0.2, 0) is 24.2 Å². The molecule has 0 bridgehead atoms. The van der Waals surface area contributed by atoms with Crippen molar-refractivity contribution in [2.75, 3.05) is 0 Å². The maximum Gasteiger partial charge on any atom is 0.250 e. The van der Waals surface area contributed by atoms with E-state index >= 15 is 0 Å². The van der Waals surface area contributed by atoms with Crippen LogP contribution in [0.1, 0.15) is 44.9 Å². The topological polar surface area (TPSA) is 80.8 Å². The van der Waals surface area contributed by atoms with Crippen molar-refractivity contribution in [3.63, 3.8) is 0 Å². The molecule has 0 aliphatic rings. The predicted octanol–water partition coefficient (Wildman–Crippen LogP) is 2.89. The molecule has 2 atom stereocenters. The normalized spacial score (nSPS) is 14.2. The number of nitrogens with zero attached hydrogens (tertiary/aromatic N) is 1. The average Bonchev–Trinajstić information content (AvgIpc) is 2.58. The molecule has 142 valence electrons. The molecule has 1 heterocycles. The summed E-state index contributed by atoms with van der Waals surface area (Å²) in [5.74, 6) is -0.252. The second-order valence-electron chi connectivity index (χ2n) is 7.30. The standard InChI is InChI=1S/C19H26FN3O2S/c1-19(2,3)26(25)23-16(9-6-14-4-7-15(20)8-5-14)10-11-17-12-18(24)22-13-21-17/h4-5,7-8,12-13,16,23H,6,9-11H2,1-3H3,(H,21,22,24)/t16-,26?/m1/s1. The predicted molar refractivity (Wildman–Crippen MR) is 103 cm³/mol. The molecule has 0 spiro atoms. The Kier molecular flexibility index (Phi) is 7.37. The smallest absolute Gasteiger partial charge is 0.250 e. The van der Waals surface area contributed by atoms with Crippen molar-refractivity contribution in [1.82, 2.24) is 14.7 Å². The van der Waals surface area contributed by atoms with Gasteiger partial charge in [-0.25, -0.2) is 9.37 Å². The van der Waals surface area contributed by atoms with E-state index in [1.807, 2.05) is 20.8 Å². The number of aromatic amines is 1. The summed E-state index contributed by atoms with van der Waals surface area (Å²) in [6, 6.07) is 7.92. The minimum atomic E-state index is -1.19. The van der Waals surface area contributed by atoms with Gasteiger partial charge in [0, 0.05) is 23.1 Å². The van der Waals surface area contributed by atoms with Crippen LogP contribution in [0.5, 0.6) is 0 Å². The molecule has 5 nitrogen and oxygen atoms in total. The van der Waals surface area contributed by atoms with E-state index in [1.54, 1.807) is 12.1 Å². The van der Waals surface area contributed by atoms with Crippen LogP contribution in [0.2, 0.25) is 0 Å². The Balaban J connectivity index is 2.00. The number of aryl methyl sites for hydroxylation is 2. The Hall–Kier alpha value is -1.70. The van der Waals surface area contributed by atoms with Crippen LogP contribution in [0.4, 0.5) is 4.39 Å². The number of hydrogen-bond donors (Lipinski definition) is 2. The molecule has 0 aliphatic heterocycles. The van der Waals surface area contributed by atoms with Crippen molar-refractivity contribution >= 4 is 11.4 Å². The lowest BCUT2D eigenvalue weighted by atomic mass is 10.0. The van der Waals surface area contributed by atoms with Crippen LogP contribution in [0.3, 0.4) is 0 Å². The highest BCUT2D eigenvalue weighted by Gasteiger charge is 2.29. The van der Waals surface area contributed by atoms with Gasteiger partial charge in [-0.3, -0.25) is 4.79 Å². The minimum absolute atomic E-state index is 0.00111. The summed E-state index contributed by atoms with van der Waals surface area (Å²) >= 11 is -1.19. The Bertz CT molecular complexity index is 743. The number of nitrogens with one attached hydrogen (secondary N) is 2. The van der Waals surface area contributed by atoms with E-state index in [0.717, 1.165) is 18.4 Å². The zero-order valence-electron chi connectivity index (χ0n) is 15.4. The molecule has 0 amide bonds. The highest BCUT2D eigenvalue weighted by Crippen LogP contribution is 2.17. The largest absolute Gasteiger partial charge is 0.598 e. The lowest BCUT2D eigenvalue weighted by Gasteiger charge is -2.28. The first-order valence-corrected chi connectivity index (χ1v) is 9.85. The minimum Gasteiger partial charge on any atom is -0.598 e. The molecule has 2 rings (SSSR count). The van der Waals surface area contributed by atoms with Crippen molar-refractivity contribution in [3.8, 4) is 0 Å². The van der Waals surface area contributed by atoms with Crippen LogP contribution < -0.4 is 10.3 Å². The maximum absolute atomic E-state index is 13.0. The molecule has 0 fully saturated rings. The Morgan fingerprint density at radius 2 is 1.88 bits per heavy atom. The Morgan fingerprint density at radius 3 is 2.50 bits per heavy atom. The van der Waals surface area contributed by atoms with Gasteiger partial charge in [-0.2, -0.15) is 0 Å². The van der Waals surface area contributed by atoms with Crippen molar-refractivity contribution in [2.24, 2.45) is 0 Å². The molecule has 26 heavy (non-hydrogen) atoms. The lowest BCUT2D eigenvalue weighted by molar-refractivity contribution is 0.483. The van der Waals surface area contributed by atoms with E-state index in [1.165, 1.54) is 24.5 Å². The van der Waals surface area contributed by atoms with Crippen LogP contribution >= 0.6 is 0 Å². The summed E-state index contributed by atoms with van der Waals surface area (Å²) in [5.41, 5.74) is 1.57. The molecule has 0 aliphatic carbocycles. The van der Waals surface area contributed by atoms with Gasteiger partial charge >= 0.3 is 0 Å². The summed E-state index contributed by atoms with van der Waals surface area (Å²) in [4.78, 5) is 18.1. The first-order chi connectivity index (χ1) is 12.2. The van der Waals surface area contributed by atoms with Crippen LogP contribution in [0.25, 0.3) is 0 Å². The van der Waals surface area contributed by atoms with Gasteiger partial charge in [-0.15, -0.1) is 4.72 Å². The summed E-state index contributed by atoms with van der Waals surface area (Å²) in [7, 11) is 0. The van der Waals surface area contributed by atoms with Gasteiger partial charge in [0.05, 0.1) is 12.4 Å². The highest BCUT2D eigenvalue weighted by molar-refractivity contribution is 7.90. The maximum atomic E-state index is 13.0. The second kappa shape index (κ2) is 9.30. The number of H-pyrrole nitrogens is 1. The van der Waals surface area contributed by atoms with E-state index in [9.17, 15) is 13.7 Å². The summed E-state index contributed by atoms with van der Waals surface area (Å²) in [6.07, 6.45) is 4.23. The summed E-state index contributed by atoms with van der Waals surface area (Å²) < 4.78 is 28.4. The number of rotatable bonds is 8. The highest BCUT2D eigenvalue weighted by atomic mass is 32.2. The third-order valence-corrected chi connectivity index (χ3v) is 5.67. The van der Waals surface area contributed by atoms with Gasteiger partial charge in [0.1, 0.15) is 10.6 Å². The number of benzene rings is 1. The zero-order valence-corrected chi connectivity index (χ0v) is 16.2. The van der Waals surface area contributed by atoms with E-state index < -0.39 is 11.4 Å². The van der Waals surface area contributed by atoms with E-state index in [0.29, 0.717) is 18.5 Å². The van der Waals surface area contributed by atoms with E-state index in [4.69, 9.17) is 0 Å². The molecule has 0 saturated heterocycles. The number of aromatic nitrogens is 2. The van der Waals surface area contributed by atoms with Crippen molar-refractivity contribution in [3.05, 3.63) is 64.1 Å². The summed E-state index contributed by atoms with van der Waals surface area (Å²) in [5, 5.41) is 0. The molecule has 2 N–H and O–H groups in total. The van der Waals surface area contributed by atoms with Gasteiger partial charge in [0.15, 0.2) is 0 Å². The molecule has 7 heteroatoms. The van der Waals surface area contributed by atoms with Crippen LogP contribution in [-0.4, -0.2) is 25.3 Å². The molecule has 0 saturated carbocycles. The summed E-state index contributed by atoms with van der Waals surface area (Å²) in [6.45, 7) is 5.77. The molecular formula is C19H26FN3O2S. The monoisotopic (exact) mass is 379 g/mol. The molecule has 1 aromatic heterocycles. The third-order valence-electron chi connectivity index (χ3n) is 4.01. The number of halogens is 1. The Morgan fingerprint density at radius 1 is 1.23 bits per heavy atom. The fourth-order valence-corrected chi connectivity index (χ4v) is 3.34. The second-order valence-corrected chi connectivity index (χ2v) is 9.30. The fourth-order valence-electron chi connectivity index (χ4n) is 2.45. The van der Waals surface area contributed by atoms with Gasteiger partial charge in [0.2, 0.25) is 0 Å². The first kappa shape index (κ1) is 20.6. The molecular weight excluding hydrogens is 353 g/mol. The quantitative estimate of drug-likeness (QED) is 0.691. The van der Waals surface area contributed by atoms with Gasteiger partial charge in [0.25, 0.3) is 5.56 Å². The molecule has 2 aromatic rings. The van der Waals surface area contributed by atoms with Crippen molar-refractivity contribution in [2.45, 2.75) is 57.2 Å². The van der Waals surface area contributed by atoms with Gasteiger partial charge in [-0.1, -0.05) is 12.1 Å². The van der Waals surface area contributed by atoms with Gasteiger partial charge < -0.3 is 9.54 Å².